The van der Waals surface area contributed by atoms with Crippen LogP contribution >= 0.6 is 11.8 Å². The van der Waals surface area contributed by atoms with Crippen molar-refractivity contribution in [2.75, 3.05) is 0 Å². The fourth-order valence-electron chi connectivity index (χ4n) is 1.59. The van der Waals surface area contributed by atoms with E-state index >= 15 is 0 Å². The second kappa shape index (κ2) is 5.45. The van der Waals surface area contributed by atoms with E-state index in [2.05, 4.69) is 10.2 Å². The van der Waals surface area contributed by atoms with Gasteiger partial charge in [-0.3, -0.25) is 0 Å². The first-order valence-corrected chi connectivity index (χ1v) is 6.58. The van der Waals surface area contributed by atoms with Crippen molar-refractivity contribution < 1.29 is 13.2 Å². The van der Waals surface area contributed by atoms with Crippen LogP contribution < -0.4 is 5.73 Å². The molecule has 2 rings (SSSR count). The van der Waals surface area contributed by atoms with E-state index in [1.54, 1.807) is 24.6 Å². The highest BCUT2D eigenvalue weighted by molar-refractivity contribution is 7.99. The van der Waals surface area contributed by atoms with Crippen LogP contribution in [0, 0.1) is 6.92 Å². The third kappa shape index (κ3) is 2.96. The highest BCUT2D eigenvalue weighted by Gasteiger charge is 2.34. The second-order valence-electron chi connectivity index (χ2n) is 4.22. The Morgan fingerprint density at radius 3 is 2.50 bits per heavy atom. The molecule has 0 aliphatic carbocycles. The zero-order valence-electron chi connectivity index (χ0n) is 10.9. The van der Waals surface area contributed by atoms with Crippen LogP contribution in [0.2, 0.25) is 0 Å². The smallest absolute Gasteiger partial charge is 0.326 e. The molecule has 0 radical (unpaired) electrons. The van der Waals surface area contributed by atoms with Gasteiger partial charge in [-0.2, -0.15) is 13.2 Å². The molecular weight excluding hydrogens is 289 g/mol. The van der Waals surface area contributed by atoms with Crippen LogP contribution in [0.4, 0.5) is 13.2 Å². The topological polar surface area (TPSA) is 56.7 Å². The average molecular weight is 302 g/mol. The molecular formula is C12H13F3N4S. The Morgan fingerprint density at radius 1 is 1.30 bits per heavy atom. The quantitative estimate of drug-likeness (QED) is 0.947. The number of hydrogen-bond donors (Lipinski definition) is 1. The minimum atomic E-state index is -4.43. The van der Waals surface area contributed by atoms with Crippen molar-refractivity contribution in [2.24, 2.45) is 12.8 Å². The highest BCUT2D eigenvalue weighted by Crippen LogP contribution is 2.39. The Balaban J connectivity index is 2.43. The summed E-state index contributed by atoms with van der Waals surface area (Å²) in [6.07, 6.45) is -4.43. The first kappa shape index (κ1) is 14.9. The fourth-order valence-corrected chi connectivity index (χ4v) is 2.56. The van der Waals surface area contributed by atoms with Gasteiger partial charge in [-0.1, -0.05) is 6.07 Å². The van der Waals surface area contributed by atoms with Crippen molar-refractivity contribution in [1.29, 1.82) is 0 Å². The number of benzene rings is 1. The number of alkyl halides is 3. The number of hydrogen-bond acceptors (Lipinski definition) is 4. The molecule has 0 fully saturated rings. The number of aromatic nitrogens is 3. The molecule has 8 heteroatoms. The van der Waals surface area contributed by atoms with E-state index in [1.165, 1.54) is 6.07 Å². The zero-order chi connectivity index (χ0) is 14.9. The van der Waals surface area contributed by atoms with Crippen molar-refractivity contribution in [3.63, 3.8) is 0 Å². The molecule has 4 nitrogen and oxygen atoms in total. The summed E-state index contributed by atoms with van der Waals surface area (Å²) >= 11 is 0.936. The summed E-state index contributed by atoms with van der Waals surface area (Å²) in [6.45, 7) is 1.80. The standard InChI is InChI=1S/C12H13F3N4S/c1-7-17-18-11(19(7)2)20-10-4-3-8(6-16)5-9(10)12(13,14)15/h3-5H,6,16H2,1-2H3. The molecule has 2 aromatic rings. The summed E-state index contributed by atoms with van der Waals surface area (Å²) < 4.78 is 40.9. The highest BCUT2D eigenvalue weighted by atomic mass is 32.2. The van der Waals surface area contributed by atoms with Crippen molar-refractivity contribution >= 4 is 11.8 Å². The monoisotopic (exact) mass is 302 g/mol. The Morgan fingerprint density at radius 2 is 2.00 bits per heavy atom. The summed E-state index contributed by atoms with van der Waals surface area (Å²) in [5, 5.41) is 8.10. The van der Waals surface area contributed by atoms with Gasteiger partial charge in [0.25, 0.3) is 0 Å². The molecule has 0 saturated carbocycles. The van der Waals surface area contributed by atoms with E-state index in [4.69, 9.17) is 5.73 Å². The molecule has 2 N–H and O–H groups in total. The van der Waals surface area contributed by atoms with Gasteiger partial charge in [0.05, 0.1) is 5.56 Å². The molecule has 1 aromatic carbocycles. The molecule has 20 heavy (non-hydrogen) atoms. The maximum atomic E-state index is 13.1. The first-order chi connectivity index (χ1) is 9.32. The zero-order valence-corrected chi connectivity index (χ0v) is 11.7. The van der Waals surface area contributed by atoms with Gasteiger partial charge in [-0.15, -0.1) is 10.2 Å². The molecule has 1 aromatic heterocycles. The normalized spacial score (nSPS) is 11.9. The molecule has 1 heterocycles. The van der Waals surface area contributed by atoms with Crippen molar-refractivity contribution in [3.05, 3.63) is 35.2 Å². The molecule has 108 valence electrons. The minimum Gasteiger partial charge on any atom is -0.326 e. The summed E-state index contributed by atoms with van der Waals surface area (Å²) in [6, 6.07) is 4.08. The molecule has 0 bridgehead atoms. The molecule has 0 amide bonds. The largest absolute Gasteiger partial charge is 0.417 e. The van der Waals surface area contributed by atoms with Crippen LogP contribution in [-0.2, 0) is 19.8 Å². The maximum Gasteiger partial charge on any atom is 0.417 e. The Kier molecular flexibility index (Phi) is 4.05. The van der Waals surface area contributed by atoms with Gasteiger partial charge in [0.2, 0.25) is 0 Å². The lowest BCUT2D eigenvalue weighted by molar-refractivity contribution is -0.139. The van der Waals surface area contributed by atoms with Gasteiger partial charge >= 0.3 is 6.18 Å². The second-order valence-corrected chi connectivity index (χ2v) is 5.23. The van der Waals surface area contributed by atoms with E-state index < -0.39 is 11.7 Å². The number of nitrogens with zero attached hydrogens (tertiary/aromatic N) is 3. The number of rotatable bonds is 3. The van der Waals surface area contributed by atoms with E-state index in [-0.39, 0.29) is 11.4 Å². The Hall–Kier alpha value is -1.54. The van der Waals surface area contributed by atoms with E-state index in [1.807, 2.05) is 0 Å². The summed E-state index contributed by atoms with van der Waals surface area (Å²) in [5.74, 6) is 0.639. The molecule has 0 atom stereocenters. The Bertz CT molecular complexity index is 622. The summed E-state index contributed by atoms with van der Waals surface area (Å²) in [5.41, 5.74) is 5.13. The number of aryl methyl sites for hydroxylation is 1. The van der Waals surface area contributed by atoms with Crippen molar-refractivity contribution in [1.82, 2.24) is 14.8 Å². The summed E-state index contributed by atoms with van der Waals surface area (Å²) in [4.78, 5) is 0.0881. The van der Waals surface area contributed by atoms with Gasteiger partial charge < -0.3 is 10.3 Å². The maximum absolute atomic E-state index is 13.1. The third-order valence-corrected chi connectivity index (χ3v) is 3.95. The van der Waals surface area contributed by atoms with Gasteiger partial charge in [-0.05, 0) is 36.4 Å². The molecule has 0 spiro atoms. The van der Waals surface area contributed by atoms with Gasteiger partial charge in [0.1, 0.15) is 5.82 Å². The SMILES string of the molecule is Cc1nnc(Sc2ccc(CN)cc2C(F)(F)F)n1C. The fraction of sp³-hybridized carbons (Fsp3) is 0.333. The van der Waals surface area contributed by atoms with Gasteiger partial charge in [-0.25, -0.2) is 0 Å². The Labute approximate surface area is 118 Å². The van der Waals surface area contributed by atoms with Crippen LogP contribution in [0.1, 0.15) is 17.0 Å². The van der Waals surface area contributed by atoms with Crippen LogP contribution in [0.3, 0.4) is 0 Å². The van der Waals surface area contributed by atoms with Crippen LogP contribution in [0.5, 0.6) is 0 Å². The average Bonchev–Trinajstić information content (AvgIpc) is 2.70. The predicted octanol–water partition coefficient (Wildman–Crippen LogP) is 2.75. The van der Waals surface area contributed by atoms with Gasteiger partial charge in [0.15, 0.2) is 5.16 Å². The molecule has 0 unspecified atom stereocenters. The molecule has 0 aliphatic heterocycles. The van der Waals surface area contributed by atoms with Crippen molar-refractivity contribution in [3.8, 4) is 0 Å². The van der Waals surface area contributed by atoms with Crippen molar-refractivity contribution in [2.45, 2.75) is 29.7 Å². The van der Waals surface area contributed by atoms with E-state index in [0.717, 1.165) is 17.8 Å². The first-order valence-electron chi connectivity index (χ1n) is 5.77. The van der Waals surface area contributed by atoms with E-state index in [9.17, 15) is 13.2 Å². The number of halogens is 3. The van der Waals surface area contributed by atoms with Gasteiger partial charge in [0, 0.05) is 18.5 Å². The minimum absolute atomic E-state index is 0.0666. The van der Waals surface area contributed by atoms with Crippen LogP contribution in [-0.4, -0.2) is 14.8 Å². The number of nitrogens with two attached hydrogens (primary N) is 1. The predicted molar refractivity (Wildman–Crippen MR) is 69.2 cm³/mol. The molecule has 0 aliphatic rings. The summed E-state index contributed by atoms with van der Waals surface area (Å²) in [7, 11) is 1.71. The lowest BCUT2D eigenvalue weighted by atomic mass is 10.1. The van der Waals surface area contributed by atoms with Crippen LogP contribution in [0.15, 0.2) is 28.3 Å². The lowest BCUT2D eigenvalue weighted by Crippen LogP contribution is -2.09. The van der Waals surface area contributed by atoms with E-state index in [0.29, 0.717) is 16.5 Å². The third-order valence-electron chi connectivity index (χ3n) is 2.84. The lowest BCUT2D eigenvalue weighted by Gasteiger charge is -2.13. The van der Waals surface area contributed by atoms with Crippen LogP contribution in [0.25, 0.3) is 0 Å². The molecule has 0 saturated heterocycles.